The minimum Gasteiger partial charge on any atom is -0.338 e. The topological polar surface area (TPSA) is 105 Å². The molecule has 5 amide bonds. The van der Waals surface area contributed by atoms with Crippen LogP contribution < -0.4 is 10.6 Å². The van der Waals surface area contributed by atoms with Crippen molar-refractivity contribution in [2.24, 2.45) is 5.41 Å². The fraction of sp³-hybridized carbons (Fsp3) is 0.571. The number of amides is 5. The van der Waals surface area contributed by atoms with Gasteiger partial charge in [-0.2, -0.15) is 0 Å². The van der Waals surface area contributed by atoms with E-state index in [0.29, 0.717) is 74.5 Å². The molecule has 2 aromatic rings. The number of halogens is 1. The zero-order chi connectivity index (χ0) is 28.0. The Labute approximate surface area is 236 Å². The molecular formula is C28H35FN6O4S. The molecule has 1 aromatic heterocycles. The second-order valence-corrected chi connectivity index (χ2v) is 12.2. The molecular weight excluding hydrogens is 535 g/mol. The van der Waals surface area contributed by atoms with Crippen LogP contribution >= 0.6 is 11.3 Å². The van der Waals surface area contributed by atoms with Gasteiger partial charge in [0.15, 0.2) is 0 Å². The van der Waals surface area contributed by atoms with Crippen molar-refractivity contribution in [1.29, 1.82) is 0 Å². The summed E-state index contributed by atoms with van der Waals surface area (Å²) in [4.78, 5) is 57.0. The van der Waals surface area contributed by atoms with Gasteiger partial charge in [-0.25, -0.2) is 9.18 Å². The van der Waals surface area contributed by atoms with Crippen LogP contribution in [0.2, 0.25) is 0 Å². The third kappa shape index (κ3) is 4.50. The first-order valence-corrected chi connectivity index (χ1v) is 15.1. The number of fused-ring (bicyclic) bond motifs is 2. The van der Waals surface area contributed by atoms with Crippen LogP contribution in [0.25, 0.3) is 10.1 Å². The Balaban J connectivity index is 1.17. The fourth-order valence-electron chi connectivity index (χ4n) is 6.79. The maximum atomic E-state index is 14.2. The molecule has 4 aliphatic rings. The number of nitrogens with one attached hydrogen (secondary N) is 2. The average molecular weight is 571 g/mol. The molecule has 214 valence electrons. The van der Waals surface area contributed by atoms with E-state index in [0.717, 1.165) is 30.5 Å². The standard InChI is InChI=1S/C28H35FN6O4S/c1-2-30-27(39)31-23-22(20-16-18(29)6-7-21(20)40-23)24(36)32-14-8-19(9-15-32)33-11-5-10-28(17-33)25(37)34-12-3-4-13-35(34)26(28)38/h6-7,16,19H,2-5,8-15,17H2,1H3,(H2,30,31,39). The SMILES string of the molecule is CCNC(=O)Nc1sc2ccc(F)cc2c1C(=O)N1CCC(N2CCCC3(C2)C(=O)N2CCCCN2C3=O)CC1. The lowest BCUT2D eigenvalue weighted by atomic mass is 9.78. The highest BCUT2D eigenvalue weighted by Gasteiger charge is 2.60. The second kappa shape index (κ2) is 10.6. The van der Waals surface area contributed by atoms with E-state index in [9.17, 15) is 23.6 Å². The summed E-state index contributed by atoms with van der Waals surface area (Å²) in [6.45, 7) is 5.74. The van der Waals surface area contributed by atoms with E-state index >= 15 is 0 Å². The maximum Gasteiger partial charge on any atom is 0.319 e. The normalized spacial score (nSPS) is 21.8. The minimum absolute atomic E-state index is 0.0433. The van der Waals surface area contributed by atoms with E-state index < -0.39 is 17.3 Å². The molecule has 40 heavy (non-hydrogen) atoms. The van der Waals surface area contributed by atoms with Gasteiger partial charge in [0, 0.05) is 55.4 Å². The molecule has 0 aliphatic carbocycles. The third-order valence-electron chi connectivity index (χ3n) is 8.79. The summed E-state index contributed by atoms with van der Waals surface area (Å²) >= 11 is 1.26. The average Bonchev–Trinajstić information content (AvgIpc) is 3.41. The predicted octanol–water partition coefficient (Wildman–Crippen LogP) is 3.25. The first-order valence-electron chi connectivity index (χ1n) is 14.3. The number of urea groups is 1. The smallest absolute Gasteiger partial charge is 0.319 e. The zero-order valence-corrected chi connectivity index (χ0v) is 23.5. The van der Waals surface area contributed by atoms with Crippen LogP contribution in [-0.4, -0.2) is 95.4 Å². The van der Waals surface area contributed by atoms with Crippen LogP contribution in [0, 0.1) is 11.2 Å². The van der Waals surface area contributed by atoms with Gasteiger partial charge in [-0.1, -0.05) is 0 Å². The number of piperidine rings is 2. The number of benzene rings is 1. The number of hydrogen-bond donors (Lipinski definition) is 2. The second-order valence-electron chi connectivity index (χ2n) is 11.2. The van der Waals surface area contributed by atoms with E-state index in [1.165, 1.54) is 23.5 Å². The van der Waals surface area contributed by atoms with E-state index in [4.69, 9.17) is 0 Å². The van der Waals surface area contributed by atoms with Crippen LogP contribution in [0.5, 0.6) is 0 Å². The van der Waals surface area contributed by atoms with E-state index in [-0.39, 0.29) is 23.8 Å². The van der Waals surface area contributed by atoms with Crippen LogP contribution in [0.15, 0.2) is 18.2 Å². The molecule has 0 atom stereocenters. The highest BCUT2D eigenvalue weighted by molar-refractivity contribution is 7.23. The largest absolute Gasteiger partial charge is 0.338 e. The quantitative estimate of drug-likeness (QED) is 0.550. The van der Waals surface area contributed by atoms with Crippen molar-refractivity contribution in [3.63, 3.8) is 0 Å². The third-order valence-corrected chi connectivity index (χ3v) is 9.87. The lowest BCUT2D eigenvalue weighted by Crippen LogP contribution is -2.56. The number of carbonyl (C=O) groups is 4. The van der Waals surface area contributed by atoms with Crippen molar-refractivity contribution in [1.82, 2.24) is 25.1 Å². The van der Waals surface area contributed by atoms with Crippen LogP contribution in [-0.2, 0) is 9.59 Å². The van der Waals surface area contributed by atoms with E-state index in [1.54, 1.807) is 27.9 Å². The van der Waals surface area contributed by atoms with Crippen molar-refractivity contribution in [3.8, 4) is 0 Å². The molecule has 0 bridgehead atoms. The van der Waals surface area contributed by atoms with Gasteiger partial charge in [-0.3, -0.25) is 34.6 Å². The van der Waals surface area contributed by atoms with Gasteiger partial charge >= 0.3 is 6.03 Å². The Hall–Kier alpha value is -3.25. The minimum atomic E-state index is -0.977. The fourth-order valence-corrected chi connectivity index (χ4v) is 7.86. The summed E-state index contributed by atoms with van der Waals surface area (Å²) in [6.07, 6.45) is 4.66. The molecule has 5 heterocycles. The predicted molar refractivity (Wildman–Crippen MR) is 149 cm³/mol. The number of hydrazine groups is 1. The molecule has 12 heteroatoms. The van der Waals surface area contributed by atoms with Crippen molar-refractivity contribution >= 4 is 50.2 Å². The van der Waals surface area contributed by atoms with Gasteiger partial charge < -0.3 is 10.2 Å². The molecule has 1 aromatic carbocycles. The molecule has 0 saturated carbocycles. The van der Waals surface area contributed by atoms with Crippen LogP contribution in [0.3, 0.4) is 0 Å². The Morgan fingerprint density at radius 3 is 2.40 bits per heavy atom. The highest BCUT2D eigenvalue weighted by Crippen LogP contribution is 2.43. The maximum absolute atomic E-state index is 14.2. The summed E-state index contributed by atoms with van der Waals surface area (Å²) in [5.74, 6) is -0.760. The molecule has 0 radical (unpaired) electrons. The van der Waals surface area contributed by atoms with Gasteiger partial charge in [0.2, 0.25) is 0 Å². The Kier molecular flexibility index (Phi) is 7.16. The van der Waals surface area contributed by atoms with Crippen molar-refractivity contribution in [2.45, 2.75) is 51.5 Å². The number of anilines is 1. The van der Waals surface area contributed by atoms with Gasteiger partial charge in [-0.05, 0) is 70.2 Å². The molecule has 10 nitrogen and oxygen atoms in total. The van der Waals surface area contributed by atoms with Gasteiger partial charge in [0.05, 0.1) is 5.56 Å². The lowest BCUT2D eigenvalue weighted by molar-refractivity contribution is -0.150. The van der Waals surface area contributed by atoms with E-state index in [1.807, 2.05) is 0 Å². The molecule has 1 spiro atoms. The zero-order valence-electron chi connectivity index (χ0n) is 22.7. The Morgan fingerprint density at radius 2 is 1.73 bits per heavy atom. The number of hydrogen-bond acceptors (Lipinski definition) is 6. The summed E-state index contributed by atoms with van der Waals surface area (Å²) in [6, 6.07) is 4.08. The van der Waals surface area contributed by atoms with Gasteiger partial charge in [0.1, 0.15) is 16.2 Å². The molecule has 6 rings (SSSR count). The number of rotatable bonds is 4. The summed E-state index contributed by atoms with van der Waals surface area (Å²) in [7, 11) is 0. The monoisotopic (exact) mass is 570 g/mol. The first kappa shape index (κ1) is 26.9. The summed E-state index contributed by atoms with van der Waals surface area (Å²) < 4.78 is 14.9. The number of carbonyl (C=O) groups excluding carboxylic acids is 4. The van der Waals surface area contributed by atoms with Crippen LogP contribution in [0.1, 0.15) is 55.8 Å². The Bertz CT molecular complexity index is 1330. The highest BCUT2D eigenvalue weighted by atomic mass is 32.1. The van der Waals surface area contributed by atoms with Gasteiger partial charge in [0.25, 0.3) is 17.7 Å². The number of thiophene rings is 1. The van der Waals surface area contributed by atoms with Gasteiger partial charge in [-0.15, -0.1) is 11.3 Å². The lowest BCUT2D eigenvalue weighted by Gasteiger charge is -2.44. The number of nitrogens with zero attached hydrogens (tertiary/aromatic N) is 4. The molecule has 2 N–H and O–H groups in total. The number of likely N-dealkylation sites (tertiary alicyclic amines) is 2. The summed E-state index contributed by atoms with van der Waals surface area (Å²) in [5.41, 5.74) is -0.663. The van der Waals surface area contributed by atoms with Crippen LogP contribution in [0.4, 0.5) is 14.2 Å². The van der Waals surface area contributed by atoms with E-state index in [2.05, 4.69) is 15.5 Å². The Morgan fingerprint density at radius 1 is 1.02 bits per heavy atom. The van der Waals surface area contributed by atoms with Crippen molar-refractivity contribution in [3.05, 3.63) is 29.6 Å². The molecule has 0 unspecified atom stereocenters. The van der Waals surface area contributed by atoms with Crippen molar-refractivity contribution < 1.29 is 23.6 Å². The summed E-state index contributed by atoms with van der Waals surface area (Å²) in [5, 5.41) is 9.71. The molecule has 4 fully saturated rings. The first-order chi connectivity index (χ1) is 19.3. The molecule has 4 aliphatic heterocycles. The van der Waals surface area contributed by atoms with Crippen molar-refractivity contribution in [2.75, 3.05) is 51.1 Å². The molecule has 4 saturated heterocycles.